The van der Waals surface area contributed by atoms with Crippen molar-refractivity contribution in [2.45, 2.75) is 49.1 Å². The van der Waals surface area contributed by atoms with E-state index in [-0.39, 0.29) is 34.0 Å². The van der Waals surface area contributed by atoms with Gasteiger partial charge in [0.15, 0.2) is 35.4 Å². The van der Waals surface area contributed by atoms with Crippen LogP contribution in [0.3, 0.4) is 0 Å². The summed E-state index contributed by atoms with van der Waals surface area (Å²) in [5, 5.41) is 22.2. The summed E-state index contributed by atoms with van der Waals surface area (Å²) in [4.78, 5) is 45.7. The quantitative estimate of drug-likeness (QED) is 0.130. The number of aliphatic hydroxyl groups is 2. The molecule has 3 aliphatic heterocycles. The highest BCUT2D eigenvalue weighted by Crippen LogP contribution is 2.48. The number of imidazole rings is 2. The number of nitrogen functional groups attached to an aromatic ring is 2. The summed E-state index contributed by atoms with van der Waals surface area (Å²) in [6.07, 6.45) is -7.65. The normalized spacial score (nSPS) is 37.7. The predicted octanol–water partition coefficient (Wildman–Crippen LogP) is -1.55. The van der Waals surface area contributed by atoms with Gasteiger partial charge in [-0.1, -0.05) is 0 Å². The molecule has 4 aromatic rings. The van der Waals surface area contributed by atoms with Gasteiger partial charge in [-0.2, -0.15) is 0 Å². The molecule has 248 valence electrons. The highest BCUT2D eigenvalue weighted by Gasteiger charge is 2.50. The van der Waals surface area contributed by atoms with Crippen molar-refractivity contribution in [1.29, 1.82) is 0 Å². The van der Waals surface area contributed by atoms with E-state index in [0.29, 0.717) is 0 Å². The summed E-state index contributed by atoms with van der Waals surface area (Å²) in [6, 6.07) is 0. The van der Waals surface area contributed by atoms with Gasteiger partial charge in [0.25, 0.3) is 0 Å². The van der Waals surface area contributed by atoms with Crippen LogP contribution >= 0.6 is 15.2 Å². The summed E-state index contributed by atoms with van der Waals surface area (Å²) >= 11 is 0. The number of hydrogen-bond acceptors (Lipinski definition) is 18. The molecule has 4 aromatic heterocycles. The molecule has 0 amide bonds. The Bertz CT molecular complexity index is 1730. The van der Waals surface area contributed by atoms with Crippen molar-refractivity contribution in [2.24, 2.45) is 0 Å². The molecule has 3 saturated heterocycles. The van der Waals surface area contributed by atoms with Gasteiger partial charge in [-0.25, -0.2) is 29.9 Å². The maximum absolute atomic E-state index is 13.1. The molecule has 0 aromatic carbocycles. The van der Waals surface area contributed by atoms with Crippen molar-refractivity contribution in [2.75, 3.05) is 37.4 Å². The van der Waals surface area contributed by atoms with Gasteiger partial charge >= 0.3 is 15.2 Å². The minimum absolute atomic E-state index is 0.0687. The molecule has 3 fully saturated rings. The van der Waals surface area contributed by atoms with E-state index in [1.54, 1.807) is 0 Å². The standard InChI is InChI=1S/C22H28N10O12P2/c23-17-11-19(27-3-25-17)31(5-29-11)21-15-13(33)9(43-21)1-41-45(35,36)7-39-16-14(34)10(2-42-46(37,38)8-40-15)44-22(16)32-6-30-12-18(24)26-4-28-20(12)32/h3-6,9-10,13-16,21-22,33-34H,1-2,7-8H2,(H,35,36)(H,37,38)(H2,23,25,27)(H2,24,26,28)/t9-,10-,13+,14+,15-,16-,21-,22-/m1/s1. The third kappa shape index (κ3) is 5.65. The van der Waals surface area contributed by atoms with Gasteiger partial charge in [0.2, 0.25) is 0 Å². The molecule has 8 N–H and O–H groups in total. The first-order valence-electron chi connectivity index (χ1n) is 13.6. The summed E-state index contributed by atoms with van der Waals surface area (Å²) < 4.78 is 62.7. The number of ether oxygens (including phenoxy) is 4. The van der Waals surface area contributed by atoms with Gasteiger partial charge in [0.1, 0.15) is 73.0 Å². The molecule has 3 aliphatic rings. The lowest BCUT2D eigenvalue weighted by Crippen LogP contribution is -2.37. The maximum atomic E-state index is 13.1. The van der Waals surface area contributed by atoms with Crippen LogP contribution in [-0.4, -0.2) is 122 Å². The fraction of sp³-hybridized carbons (Fsp3) is 0.545. The fourth-order valence-electron chi connectivity index (χ4n) is 5.45. The summed E-state index contributed by atoms with van der Waals surface area (Å²) in [7, 11) is -9.14. The van der Waals surface area contributed by atoms with E-state index in [0.717, 1.165) is 0 Å². The van der Waals surface area contributed by atoms with Gasteiger partial charge in [-0.15, -0.1) is 0 Å². The zero-order valence-corrected chi connectivity index (χ0v) is 25.2. The second kappa shape index (κ2) is 11.8. The molecule has 7 rings (SSSR count). The topological polar surface area (TPSA) is 310 Å². The van der Waals surface area contributed by atoms with Crippen molar-refractivity contribution in [3.63, 3.8) is 0 Å². The van der Waals surface area contributed by atoms with Crippen LogP contribution in [0.5, 0.6) is 0 Å². The van der Waals surface area contributed by atoms with Crippen LogP contribution in [-0.2, 0) is 37.1 Å². The third-order valence-corrected chi connectivity index (χ3v) is 9.75. The lowest BCUT2D eigenvalue weighted by Gasteiger charge is -2.24. The van der Waals surface area contributed by atoms with E-state index in [2.05, 4.69) is 29.9 Å². The Morgan fingerprint density at radius 2 is 1.11 bits per heavy atom. The first-order valence-corrected chi connectivity index (χ1v) is 17.1. The summed E-state index contributed by atoms with van der Waals surface area (Å²) in [5.74, 6) is 0.137. The van der Waals surface area contributed by atoms with Gasteiger partial charge in [-0.3, -0.25) is 18.3 Å². The molecule has 10 atom stereocenters. The zero-order chi connectivity index (χ0) is 32.4. The highest BCUT2D eigenvalue weighted by atomic mass is 31.2. The van der Waals surface area contributed by atoms with Crippen LogP contribution in [0.1, 0.15) is 12.5 Å². The minimum Gasteiger partial charge on any atom is -0.387 e. The third-order valence-electron chi connectivity index (χ3n) is 7.69. The Morgan fingerprint density at radius 1 is 0.696 bits per heavy atom. The van der Waals surface area contributed by atoms with Crippen LogP contribution in [0.15, 0.2) is 25.3 Å². The smallest absolute Gasteiger partial charge is 0.353 e. The predicted molar refractivity (Wildman–Crippen MR) is 150 cm³/mol. The van der Waals surface area contributed by atoms with E-state index < -0.39 is 90.2 Å². The van der Waals surface area contributed by atoms with Crippen LogP contribution in [0.25, 0.3) is 22.3 Å². The van der Waals surface area contributed by atoms with E-state index in [1.165, 1.54) is 34.4 Å². The van der Waals surface area contributed by atoms with Crippen LogP contribution in [0.2, 0.25) is 0 Å². The van der Waals surface area contributed by atoms with Gasteiger partial charge in [-0.05, 0) is 0 Å². The largest absolute Gasteiger partial charge is 0.387 e. The van der Waals surface area contributed by atoms with E-state index in [9.17, 15) is 29.1 Å². The van der Waals surface area contributed by atoms with Crippen molar-refractivity contribution in [1.82, 2.24) is 39.0 Å². The van der Waals surface area contributed by atoms with Crippen LogP contribution in [0.4, 0.5) is 11.6 Å². The molecule has 24 heteroatoms. The molecule has 0 spiro atoms. The number of rotatable bonds is 2. The van der Waals surface area contributed by atoms with Crippen LogP contribution < -0.4 is 11.5 Å². The average Bonchev–Trinajstić information content (AvgIpc) is 3.77. The fourth-order valence-corrected chi connectivity index (χ4v) is 7.08. The second-order valence-electron chi connectivity index (χ2n) is 10.7. The Kier molecular flexibility index (Phi) is 8.03. The Morgan fingerprint density at radius 3 is 1.52 bits per heavy atom. The zero-order valence-electron chi connectivity index (χ0n) is 23.4. The summed E-state index contributed by atoms with van der Waals surface area (Å²) in [5.41, 5.74) is 12.6. The molecule has 0 saturated carbocycles. The number of anilines is 2. The van der Waals surface area contributed by atoms with Crippen molar-refractivity contribution < 1.29 is 57.1 Å². The molecule has 7 heterocycles. The Hall–Kier alpha value is -3.24. The number of hydrogen-bond donors (Lipinski definition) is 6. The first kappa shape index (κ1) is 31.4. The maximum Gasteiger partial charge on any atom is 0.353 e. The second-order valence-corrected chi connectivity index (χ2v) is 14.2. The van der Waals surface area contributed by atoms with Gasteiger partial charge in [0, 0.05) is 0 Å². The molecule has 4 bridgehead atoms. The molecule has 2 unspecified atom stereocenters. The lowest BCUT2D eigenvalue weighted by atomic mass is 10.1. The molecular formula is C22H28N10O12P2. The Balaban J connectivity index is 1.18. The number of nitrogens with zero attached hydrogens (tertiary/aromatic N) is 8. The Labute approximate surface area is 257 Å². The van der Waals surface area contributed by atoms with Crippen molar-refractivity contribution in [3.8, 4) is 0 Å². The lowest BCUT2D eigenvalue weighted by molar-refractivity contribution is -0.0711. The molecule has 0 aliphatic carbocycles. The monoisotopic (exact) mass is 686 g/mol. The SMILES string of the molecule is Nc1ncnc2c1ncn2[C@@H]1O[C@@H]2COP(=O)(O)CO[C@@H]3[C@@H](O)[C@@H](COP(=O)(O)CO[C@@H]1[C@H]2O)O[C@H]3n1cnc2c(N)ncnc21. The molecule has 0 radical (unpaired) electrons. The van der Waals surface area contributed by atoms with Crippen molar-refractivity contribution in [3.05, 3.63) is 25.3 Å². The first-order chi connectivity index (χ1) is 21.9. The van der Waals surface area contributed by atoms with E-state index in [4.69, 9.17) is 39.5 Å². The molecule has 22 nitrogen and oxygen atoms in total. The van der Waals surface area contributed by atoms with Gasteiger partial charge in [0.05, 0.1) is 25.9 Å². The molecule has 46 heavy (non-hydrogen) atoms. The van der Waals surface area contributed by atoms with Crippen molar-refractivity contribution >= 4 is 49.2 Å². The van der Waals surface area contributed by atoms with Crippen LogP contribution in [0, 0.1) is 0 Å². The number of aromatic nitrogens is 8. The highest BCUT2D eigenvalue weighted by molar-refractivity contribution is 7.52. The molecular weight excluding hydrogens is 658 g/mol. The van der Waals surface area contributed by atoms with Gasteiger partial charge < -0.3 is 59.5 Å². The number of nitrogens with two attached hydrogens (primary N) is 2. The average molecular weight is 686 g/mol. The summed E-state index contributed by atoms with van der Waals surface area (Å²) in [6.45, 7) is -1.27. The minimum atomic E-state index is -4.57. The number of aliphatic hydroxyl groups excluding tert-OH is 2. The van der Waals surface area contributed by atoms with E-state index >= 15 is 0 Å². The van der Waals surface area contributed by atoms with E-state index in [1.807, 2.05) is 0 Å². The number of fused-ring (bicyclic) bond motifs is 6.